The molecule has 0 spiro atoms. The van der Waals surface area contributed by atoms with Crippen LogP contribution >= 0.6 is 0 Å². The first kappa shape index (κ1) is 13.4. The minimum atomic E-state index is -0.227. The van der Waals surface area contributed by atoms with Crippen LogP contribution in [0.2, 0.25) is 0 Å². The van der Waals surface area contributed by atoms with Gasteiger partial charge in [-0.2, -0.15) is 0 Å². The number of nitrogens with one attached hydrogen (secondary N) is 2. The highest BCUT2D eigenvalue weighted by Crippen LogP contribution is 2.29. The molecule has 1 aromatic heterocycles. The van der Waals surface area contributed by atoms with Crippen molar-refractivity contribution < 1.29 is 9.53 Å². The third kappa shape index (κ3) is 2.97. The molecule has 1 aliphatic heterocycles. The van der Waals surface area contributed by atoms with Gasteiger partial charge in [0.05, 0.1) is 0 Å². The number of aromatic nitrogens is 1. The van der Waals surface area contributed by atoms with Crippen LogP contribution in [0.4, 0.5) is 5.69 Å². The van der Waals surface area contributed by atoms with Crippen LogP contribution in [0.1, 0.15) is 22.5 Å². The first-order chi connectivity index (χ1) is 10.3. The van der Waals surface area contributed by atoms with Gasteiger partial charge in [0, 0.05) is 31.5 Å². The Morgan fingerprint density at radius 3 is 3.00 bits per heavy atom. The third-order valence-corrected chi connectivity index (χ3v) is 3.44. The second-order valence-electron chi connectivity index (χ2n) is 4.91. The zero-order valence-electron chi connectivity index (χ0n) is 11.8. The van der Waals surface area contributed by atoms with Crippen LogP contribution in [-0.4, -0.2) is 24.5 Å². The molecule has 2 heterocycles. The molecular formula is C16H17N3O2. The van der Waals surface area contributed by atoms with Crippen molar-refractivity contribution in [2.24, 2.45) is 0 Å². The summed E-state index contributed by atoms with van der Waals surface area (Å²) in [4.78, 5) is 15.6. The van der Waals surface area contributed by atoms with Gasteiger partial charge in [0.25, 0.3) is 5.91 Å². The summed E-state index contributed by atoms with van der Waals surface area (Å²) < 4.78 is 5.83. The maximum absolute atomic E-state index is 11.6. The molecule has 0 radical (unpaired) electrons. The van der Waals surface area contributed by atoms with Crippen LogP contribution in [-0.2, 0) is 6.42 Å². The summed E-state index contributed by atoms with van der Waals surface area (Å²) in [6, 6.07) is 9.38. The van der Waals surface area contributed by atoms with E-state index < -0.39 is 0 Å². The number of hydrogen-bond acceptors (Lipinski definition) is 4. The van der Waals surface area contributed by atoms with Crippen molar-refractivity contribution in [3.63, 3.8) is 0 Å². The summed E-state index contributed by atoms with van der Waals surface area (Å²) >= 11 is 0. The predicted octanol–water partition coefficient (Wildman–Crippen LogP) is 2.59. The van der Waals surface area contributed by atoms with Crippen molar-refractivity contribution in [2.45, 2.75) is 12.8 Å². The number of pyridine rings is 1. The molecule has 0 atom stereocenters. The number of aryl methyl sites for hydroxylation is 1. The van der Waals surface area contributed by atoms with Crippen molar-refractivity contribution in [3.8, 4) is 11.5 Å². The average Bonchev–Trinajstić information content (AvgIpc) is 2.54. The number of amides is 1. The normalized spacial score (nSPS) is 13.0. The number of nitrogens with zero attached hydrogens (tertiary/aromatic N) is 1. The second-order valence-corrected chi connectivity index (χ2v) is 4.91. The molecule has 0 fully saturated rings. The molecule has 21 heavy (non-hydrogen) atoms. The molecule has 2 N–H and O–H groups in total. The van der Waals surface area contributed by atoms with Crippen LogP contribution in [0.3, 0.4) is 0 Å². The Morgan fingerprint density at radius 2 is 2.14 bits per heavy atom. The van der Waals surface area contributed by atoms with E-state index in [-0.39, 0.29) is 5.91 Å². The minimum absolute atomic E-state index is 0.227. The van der Waals surface area contributed by atoms with Gasteiger partial charge >= 0.3 is 0 Å². The number of carbonyl (C=O) groups excluding carboxylic acids is 1. The van der Waals surface area contributed by atoms with E-state index in [1.54, 1.807) is 25.4 Å². The van der Waals surface area contributed by atoms with Gasteiger partial charge < -0.3 is 15.4 Å². The lowest BCUT2D eigenvalue weighted by molar-refractivity contribution is 0.0958. The Kier molecular flexibility index (Phi) is 3.73. The van der Waals surface area contributed by atoms with Crippen molar-refractivity contribution in [1.29, 1.82) is 0 Å². The van der Waals surface area contributed by atoms with Gasteiger partial charge in [-0.1, -0.05) is 0 Å². The minimum Gasteiger partial charge on any atom is -0.457 e. The van der Waals surface area contributed by atoms with E-state index in [9.17, 15) is 4.79 Å². The van der Waals surface area contributed by atoms with E-state index in [1.807, 2.05) is 18.2 Å². The molecule has 108 valence electrons. The van der Waals surface area contributed by atoms with E-state index in [0.717, 1.165) is 25.1 Å². The molecule has 0 saturated carbocycles. The van der Waals surface area contributed by atoms with E-state index in [0.29, 0.717) is 11.4 Å². The van der Waals surface area contributed by atoms with Gasteiger partial charge in [0.2, 0.25) is 0 Å². The highest BCUT2D eigenvalue weighted by molar-refractivity contribution is 5.92. The lowest BCUT2D eigenvalue weighted by atomic mass is 10.0. The largest absolute Gasteiger partial charge is 0.457 e. The highest BCUT2D eigenvalue weighted by atomic mass is 16.5. The second kappa shape index (κ2) is 5.83. The Balaban J connectivity index is 1.82. The van der Waals surface area contributed by atoms with Crippen LogP contribution in [0.15, 0.2) is 36.5 Å². The predicted molar refractivity (Wildman–Crippen MR) is 81.0 cm³/mol. The van der Waals surface area contributed by atoms with Crippen molar-refractivity contribution in [1.82, 2.24) is 10.3 Å². The topological polar surface area (TPSA) is 63.2 Å². The Bertz CT molecular complexity index is 670. The van der Waals surface area contributed by atoms with Crippen LogP contribution in [0, 0.1) is 0 Å². The number of anilines is 1. The van der Waals surface area contributed by atoms with Crippen LogP contribution in [0.5, 0.6) is 11.5 Å². The summed E-state index contributed by atoms with van der Waals surface area (Å²) in [5, 5.41) is 5.91. The zero-order chi connectivity index (χ0) is 14.7. The molecule has 0 bridgehead atoms. The molecular weight excluding hydrogens is 266 g/mol. The third-order valence-electron chi connectivity index (χ3n) is 3.44. The summed E-state index contributed by atoms with van der Waals surface area (Å²) in [6.45, 7) is 1.02. The molecule has 1 aromatic carbocycles. The summed E-state index contributed by atoms with van der Waals surface area (Å²) in [6.07, 6.45) is 3.76. The molecule has 1 amide bonds. The monoisotopic (exact) mass is 283 g/mol. The Labute approximate surface area is 123 Å². The van der Waals surface area contributed by atoms with Gasteiger partial charge in [0.1, 0.15) is 17.2 Å². The smallest absolute Gasteiger partial charge is 0.269 e. The summed E-state index contributed by atoms with van der Waals surface area (Å²) in [5.41, 5.74) is 2.78. The lowest BCUT2D eigenvalue weighted by Crippen LogP contribution is -2.18. The van der Waals surface area contributed by atoms with Crippen molar-refractivity contribution in [2.75, 3.05) is 18.9 Å². The standard InChI is InChI=1S/C16H17N3O2/c1-17-16(20)15-10-13(6-8-19-15)21-12-4-5-14-11(9-12)3-2-7-18-14/h4-6,8-10,18H,2-3,7H2,1H3,(H,17,20). The fourth-order valence-corrected chi connectivity index (χ4v) is 2.38. The number of carbonyl (C=O) groups is 1. The Morgan fingerprint density at radius 1 is 1.29 bits per heavy atom. The number of ether oxygens (including phenoxy) is 1. The first-order valence-electron chi connectivity index (χ1n) is 6.99. The van der Waals surface area contributed by atoms with Crippen LogP contribution < -0.4 is 15.4 Å². The van der Waals surface area contributed by atoms with Crippen molar-refractivity contribution in [3.05, 3.63) is 47.8 Å². The maximum Gasteiger partial charge on any atom is 0.269 e. The number of hydrogen-bond donors (Lipinski definition) is 2. The van der Waals surface area contributed by atoms with E-state index in [2.05, 4.69) is 15.6 Å². The summed E-state index contributed by atoms with van der Waals surface area (Å²) in [5.74, 6) is 1.15. The fraction of sp³-hybridized carbons (Fsp3) is 0.250. The zero-order valence-corrected chi connectivity index (χ0v) is 11.8. The molecule has 0 unspecified atom stereocenters. The van der Waals surface area contributed by atoms with Gasteiger partial charge in [-0.25, -0.2) is 0 Å². The SMILES string of the molecule is CNC(=O)c1cc(Oc2ccc3c(c2)CCCN3)ccn1. The van der Waals surface area contributed by atoms with Crippen LogP contribution in [0.25, 0.3) is 0 Å². The summed E-state index contributed by atoms with van der Waals surface area (Å²) in [7, 11) is 1.58. The van der Waals surface area contributed by atoms with E-state index >= 15 is 0 Å². The molecule has 5 nitrogen and oxygen atoms in total. The van der Waals surface area contributed by atoms with E-state index in [1.165, 1.54) is 11.3 Å². The van der Waals surface area contributed by atoms with Gasteiger partial charge in [-0.3, -0.25) is 9.78 Å². The highest BCUT2D eigenvalue weighted by Gasteiger charge is 2.11. The fourth-order valence-electron chi connectivity index (χ4n) is 2.38. The molecule has 0 aliphatic carbocycles. The lowest BCUT2D eigenvalue weighted by Gasteiger charge is -2.18. The molecule has 0 saturated heterocycles. The molecule has 3 rings (SSSR count). The average molecular weight is 283 g/mol. The van der Waals surface area contributed by atoms with Gasteiger partial charge in [-0.05, 0) is 42.7 Å². The van der Waals surface area contributed by atoms with Crippen molar-refractivity contribution >= 4 is 11.6 Å². The van der Waals surface area contributed by atoms with Gasteiger partial charge in [0.15, 0.2) is 0 Å². The molecule has 5 heteroatoms. The maximum atomic E-state index is 11.6. The molecule has 2 aromatic rings. The number of benzene rings is 1. The number of fused-ring (bicyclic) bond motifs is 1. The molecule has 1 aliphatic rings. The quantitative estimate of drug-likeness (QED) is 0.909. The number of rotatable bonds is 3. The van der Waals surface area contributed by atoms with Gasteiger partial charge in [-0.15, -0.1) is 0 Å². The van der Waals surface area contributed by atoms with E-state index in [4.69, 9.17) is 4.74 Å². The Hall–Kier alpha value is -2.56. The first-order valence-corrected chi connectivity index (χ1v) is 6.99.